The van der Waals surface area contributed by atoms with Crippen LogP contribution in [0.15, 0.2) is 64.2 Å². The minimum atomic E-state index is -0.715. The summed E-state index contributed by atoms with van der Waals surface area (Å²) in [4.78, 5) is 17.6. The summed E-state index contributed by atoms with van der Waals surface area (Å²) in [7, 11) is 1.96. The van der Waals surface area contributed by atoms with Gasteiger partial charge in [-0.25, -0.2) is 0 Å². The van der Waals surface area contributed by atoms with Crippen LogP contribution >= 0.6 is 0 Å². The third-order valence-corrected chi connectivity index (χ3v) is 5.90. The first-order valence-corrected chi connectivity index (χ1v) is 10.3. The van der Waals surface area contributed by atoms with E-state index in [2.05, 4.69) is 32.3 Å². The third kappa shape index (κ3) is 3.94. The molecule has 1 fully saturated rings. The molecule has 1 unspecified atom stereocenters. The van der Waals surface area contributed by atoms with Crippen LogP contribution in [0.2, 0.25) is 0 Å². The maximum Gasteiger partial charge on any atom is 0.309 e. The number of nitrogens with zero attached hydrogens (tertiary/aromatic N) is 5. The van der Waals surface area contributed by atoms with E-state index in [-0.39, 0.29) is 12.0 Å². The van der Waals surface area contributed by atoms with E-state index < -0.39 is 5.97 Å². The zero-order valence-electron chi connectivity index (χ0n) is 17.2. The second-order valence-corrected chi connectivity index (χ2v) is 8.10. The van der Waals surface area contributed by atoms with Crippen molar-refractivity contribution in [3.8, 4) is 11.4 Å². The molecule has 3 aromatic rings. The van der Waals surface area contributed by atoms with Gasteiger partial charge in [0, 0.05) is 38.7 Å². The van der Waals surface area contributed by atoms with Crippen molar-refractivity contribution in [2.24, 2.45) is 11.0 Å². The van der Waals surface area contributed by atoms with E-state index in [0.29, 0.717) is 31.2 Å². The molecule has 8 nitrogen and oxygen atoms in total. The molecular formula is C23H23N5O3. The molecule has 8 heteroatoms. The number of aromatic nitrogens is 2. The minimum absolute atomic E-state index is 0.160. The van der Waals surface area contributed by atoms with Gasteiger partial charge in [-0.2, -0.15) is 10.1 Å². The van der Waals surface area contributed by atoms with Crippen LogP contribution in [-0.2, 0) is 11.3 Å². The lowest BCUT2D eigenvalue weighted by molar-refractivity contribution is -0.147. The molecule has 0 bridgehead atoms. The van der Waals surface area contributed by atoms with E-state index in [9.17, 15) is 4.79 Å². The summed E-state index contributed by atoms with van der Waals surface area (Å²) < 4.78 is 5.51. The molecule has 0 radical (unpaired) electrons. The van der Waals surface area contributed by atoms with Crippen molar-refractivity contribution in [2.45, 2.75) is 19.0 Å². The highest BCUT2D eigenvalue weighted by Gasteiger charge is 2.32. The van der Waals surface area contributed by atoms with Crippen LogP contribution in [0.25, 0.3) is 11.4 Å². The Morgan fingerprint density at radius 3 is 2.58 bits per heavy atom. The van der Waals surface area contributed by atoms with Gasteiger partial charge in [-0.15, -0.1) is 0 Å². The quantitative estimate of drug-likeness (QED) is 0.659. The summed E-state index contributed by atoms with van der Waals surface area (Å²) >= 11 is 0. The number of hydrogen-bond donors (Lipinski definition) is 1. The normalized spacial score (nSPS) is 19.3. The van der Waals surface area contributed by atoms with E-state index in [1.165, 1.54) is 5.56 Å². The second-order valence-electron chi connectivity index (χ2n) is 8.10. The number of rotatable bonds is 6. The molecule has 2 aromatic carbocycles. The van der Waals surface area contributed by atoms with Crippen LogP contribution in [-0.4, -0.2) is 57.0 Å². The Balaban J connectivity index is 1.24. The summed E-state index contributed by atoms with van der Waals surface area (Å²) in [6.07, 6.45) is 0.717. The SMILES string of the molecule is CN1N=C(c2nc(-c3ccc(CN4CC(C(=O)O)C4)cc3)no2)CC1c1ccccc1. The molecule has 31 heavy (non-hydrogen) atoms. The summed E-state index contributed by atoms with van der Waals surface area (Å²) in [6, 6.07) is 18.4. The molecule has 0 amide bonds. The van der Waals surface area contributed by atoms with Crippen molar-refractivity contribution in [3.63, 3.8) is 0 Å². The molecule has 0 saturated carbocycles. The highest BCUT2D eigenvalue weighted by Crippen LogP contribution is 2.31. The number of benzene rings is 2. The predicted octanol–water partition coefficient (Wildman–Crippen LogP) is 3.03. The van der Waals surface area contributed by atoms with Crippen molar-refractivity contribution in [1.82, 2.24) is 20.0 Å². The van der Waals surface area contributed by atoms with E-state index in [1.54, 1.807) is 0 Å². The number of carboxylic acids is 1. The Morgan fingerprint density at radius 1 is 1.13 bits per heavy atom. The molecule has 0 spiro atoms. The highest BCUT2D eigenvalue weighted by atomic mass is 16.5. The zero-order chi connectivity index (χ0) is 21.4. The lowest BCUT2D eigenvalue weighted by Crippen LogP contribution is -2.49. The van der Waals surface area contributed by atoms with Gasteiger partial charge in [0.15, 0.2) is 0 Å². The molecular weight excluding hydrogens is 394 g/mol. The van der Waals surface area contributed by atoms with Crippen molar-refractivity contribution >= 4 is 11.7 Å². The molecule has 1 aromatic heterocycles. The first kappa shape index (κ1) is 19.4. The first-order valence-electron chi connectivity index (χ1n) is 10.3. The van der Waals surface area contributed by atoms with Crippen molar-refractivity contribution in [3.05, 3.63) is 71.6 Å². The van der Waals surface area contributed by atoms with Crippen LogP contribution in [0.1, 0.15) is 29.5 Å². The van der Waals surface area contributed by atoms with Gasteiger partial charge in [0.05, 0.1) is 12.0 Å². The average molecular weight is 417 g/mol. The maximum absolute atomic E-state index is 10.9. The Hall–Kier alpha value is -3.52. The lowest BCUT2D eigenvalue weighted by atomic mass is 9.99. The number of likely N-dealkylation sites (tertiary alicyclic amines) is 1. The van der Waals surface area contributed by atoms with Crippen LogP contribution in [0.3, 0.4) is 0 Å². The summed E-state index contributed by atoms with van der Waals surface area (Å²) in [5, 5.41) is 19.7. The van der Waals surface area contributed by atoms with Crippen molar-refractivity contribution in [2.75, 3.05) is 20.1 Å². The summed E-state index contributed by atoms with van der Waals surface area (Å²) in [6.45, 7) is 1.95. The topological polar surface area (TPSA) is 95.1 Å². The van der Waals surface area contributed by atoms with Gasteiger partial charge in [-0.05, 0) is 11.1 Å². The number of carboxylic acid groups (broad SMARTS) is 1. The Bertz CT molecular complexity index is 1100. The molecule has 0 aliphatic carbocycles. The van der Waals surface area contributed by atoms with Gasteiger partial charge in [-0.1, -0.05) is 59.8 Å². The van der Waals surface area contributed by atoms with E-state index >= 15 is 0 Å². The largest absolute Gasteiger partial charge is 0.481 e. The minimum Gasteiger partial charge on any atom is -0.481 e. The fourth-order valence-electron chi connectivity index (χ4n) is 4.09. The predicted molar refractivity (Wildman–Crippen MR) is 114 cm³/mol. The number of carbonyl (C=O) groups is 1. The molecule has 1 saturated heterocycles. The van der Waals surface area contributed by atoms with Gasteiger partial charge in [0.1, 0.15) is 5.71 Å². The molecule has 158 valence electrons. The average Bonchev–Trinajstić information content (AvgIpc) is 3.38. The molecule has 3 heterocycles. The smallest absolute Gasteiger partial charge is 0.309 e. The molecule has 5 rings (SSSR count). The van der Waals surface area contributed by atoms with E-state index in [0.717, 1.165) is 23.4 Å². The van der Waals surface area contributed by atoms with E-state index in [4.69, 9.17) is 9.63 Å². The zero-order valence-corrected chi connectivity index (χ0v) is 17.2. The fraction of sp³-hybridized carbons (Fsp3) is 0.304. The van der Waals surface area contributed by atoms with Crippen molar-refractivity contribution < 1.29 is 14.4 Å². The van der Waals surface area contributed by atoms with Crippen LogP contribution in [0, 0.1) is 5.92 Å². The highest BCUT2D eigenvalue weighted by molar-refractivity contribution is 5.98. The standard InChI is InChI=1S/C23H23N5O3/c1-27-20(16-5-3-2-4-6-16)11-19(25-27)22-24-21(26-31-22)17-9-7-15(8-10-17)12-28-13-18(14-28)23(29)30/h2-10,18,20H,11-14H2,1H3,(H,29,30). The van der Waals surface area contributed by atoms with Crippen molar-refractivity contribution in [1.29, 1.82) is 0 Å². The molecule has 1 N–H and O–H groups in total. The van der Waals surface area contributed by atoms with Gasteiger partial charge in [-0.3, -0.25) is 14.7 Å². The summed E-state index contributed by atoms with van der Waals surface area (Å²) in [5.74, 6) is 0.0262. The molecule has 2 aliphatic rings. The Labute approximate surface area is 179 Å². The van der Waals surface area contributed by atoms with Crippen LogP contribution < -0.4 is 0 Å². The second kappa shape index (κ2) is 7.96. The monoisotopic (exact) mass is 417 g/mol. The Morgan fingerprint density at radius 2 is 1.87 bits per heavy atom. The van der Waals surface area contributed by atoms with Crippen LogP contribution in [0.4, 0.5) is 0 Å². The van der Waals surface area contributed by atoms with E-state index in [1.807, 2.05) is 54.5 Å². The molecule has 2 aliphatic heterocycles. The van der Waals surface area contributed by atoms with Gasteiger partial charge < -0.3 is 9.63 Å². The number of aliphatic carboxylic acids is 1. The first-order chi connectivity index (χ1) is 15.1. The van der Waals surface area contributed by atoms with Gasteiger partial charge in [0.2, 0.25) is 5.82 Å². The van der Waals surface area contributed by atoms with Crippen LogP contribution in [0.5, 0.6) is 0 Å². The Kier molecular flexibility index (Phi) is 4.99. The third-order valence-electron chi connectivity index (χ3n) is 5.90. The fourth-order valence-corrected chi connectivity index (χ4v) is 4.09. The molecule has 1 atom stereocenters. The number of hydrogen-bond acceptors (Lipinski definition) is 7. The maximum atomic E-state index is 10.9. The summed E-state index contributed by atoms with van der Waals surface area (Å²) in [5.41, 5.74) is 3.99. The lowest BCUT2D eigenvalue weighted by Gasteiger charge is -2.36. The number of hydrazone groups is 1. The van der Waals surface area contributed by atoms with Gasteiger partial charge >= 0.3 is 5.97 Å². The van der Waals surface area contributed by atoms with Gasteiger partial charge in [0.25, 0.3) is 5.89 Å².